The van der Waals surface area contributed by atoms with E-state index in [4.69, 9.17) is 17.3 Å². The van der Waals surface area contributed by atoms with E-state index in [0.717, 1.165) is 12.8 Å². The minimum absolute atomic E-state index is 0.163. The molecule has 92 valence electrons. The molecule has 1 heterocycles. The van der Waals surface area contributed by atoms with Crippen molar-refractivity contribution in [2.45, 2.75) is 18.9 Å². The summed E-state index contributed by atoms with van der Waals surface area (Å²) in [6.45, 7) is 1.02. The molecule has 17 heavy (non-hydrogen) atoms. The number of nitrogens with zero attached hydrogens (tertiary/aromatic N) is 1. The van der Waals surface area contributed by atoms with Gasteiger partial charge < -0.3 is 15.7 Å². The number of nitrogens with two attached hydrogens (primary N) is 1. The van der Waals surface area contributed by atoms with Gasteiger partial charge >= 0.3 is 0 Å². The average Bonchev–Trinajstić information content (AvgIpc) is 2.32. The number of benzene rings is 1. The summed E-state index contributed by atoms with van der Waals surface area (Å²) in [6.07, 6.45) is 1.12. The van der Waals surface area contributed by atoms with Crippen LogP contribution >= 0.6 is 11.6 Å². The van der Waals surface area contributed by atoms with Crippen LogP contribution in [0.4, 0.5) is 5.69 Å². The van der Waals surface area contributed by atoms with E-state index in [9.17, 15) is 9.90 Å². The predicted octanol–water partition coefficient (Wildman–Crippen LogP) is 1.52. The number of aliphatic hydroxyl groups excluding tert-OH is 1. The molecule has 0 bridgehead atoms. The van der Waals surface area contributed by atoms with Gasteiger partial charge in [-0.25, -0.2) is 0 Å². The smallest absolute Gasteiger partial charge is 0.256 e. The lowest BCUT2D eigenvalue weighted by Crippen LogP contribution is -2.42. The zero-order chi connectivity index (χ0) is 12.4. The summed E-state index contributed by atoms with van der Waals surface area (Å²) in [7, 11) is 0. The predicted molar refractivity (Wildman–Crippen MR) is 67.0 cm³/mol. The van der Waals surface area contributed by atoms with Gasteiger partial charge in [-0.1, -0.05) is 17.7 Å². The molecule has 1 atom stereocenters. The van der Waals surface area contributed by atoms with Crippen molar-refractivity contribution >= 4 is 23.2 Å². The van der Waals surface area contributed by atoms with Crippen LogP contribution in [-0.4, -0.2) is 35.1 Å². The topological polar surface area (TPSA) is 66.6 Å². The Kier molecular flexibility index (Phi) is 3.54. The molecule has 1 aliphatic rings. The molecule has 2 rings (SSSR count). The van der Waals surface area contributed by atoms with Gasteiger partial charge in [-0.05, 0) is 25.0 Å². The number of anilines is 1. The second kappa shape index (κ2) is 4.94. The van der Waals surface area contributed by atoms with E-state index in [1.54, 1.807) is 23.1 Å². The highest BCUT2D eigenvalue weighted by Crippen LogP contribution is 2.24. The third-order valence-electron chi connectivity index (χ3n) is 2.97. The van der Waals surface area contributed by atoms with Crippen molar-refractivity contribution in [2.75, 3.05) is 18.8 Å². The van der Waals surface area contributed by atoms with E-state index in [1.807, 2.05) is 0 Å². The van der Waals surface area contributed by atoms with Crippen molar-refractivity contribution in [3.05, 3.63) is 28.8 Å². The summed E-state index contributed by atoms with van der Waals surface area (Å²) in [6, 6.07) is 5.01. The van der Waals surface area contributed by atoms with E-state index in [-0.39, 0.29) is 5.91 Å². The Morgan fingerprint density at radius 1 is 1.53 bits per heavy atom. The number of para-hydroxylation sites is 1. The van der Waals surface area contributed by atoms with Gasteiger partial charge in [0.2, 0.25) is 0 Å². The van der Waals surface area contributed by atoms with Crippen LogP contribution in [0.3, 0.4) is 0 Å². The van der Waals surface area contributed by atoms with Gasteiger partial charge in [-0.2, -0.15) is 0 Å². The minimum atomic E-state index is -0.437. The van der Waals surface area contributed by atoms with Gasteiger partial charge in [0.05, 0.1) is 22.4 Å². The Morgan fingerprint density at radius 2 is 2.29 bits per heavy atom. The molecular weight excluding hydrogens is 240 g/mol. The Hall–Kier alpha value is -1.26. The Bertz CT molecular complexity index is 437. The number of carbonyl (C=O) groups is 1. The average molecular weight is 255 g/mol. The molecule has 1 fully saturated rings. The normalized spacial score (nSPS) is 20.4. The molecule has 0 spiro atoms. The first-order chi connectivity index (χ1) is 8.09. The summed E-state index contributed by atoms with van der Waals surface area (Å²) >= 11 is 5.88. The summed E-state index contributed by atoms with van der Waals surface area (Å²) < 4.78 is 0. The maximum Gasteiger partial charge on any atom is 0.256 e. The number of likely N-dealkylation sites (tertiary alicyclic amines) is 1. The maximum atomic E-state index is 12.2. The number of nitrogen functional groups attached to an aromatic ring is 1. The van der Waals surface area contributed by atoms with Crippen molar-refractivity contribution in [2.24, 2.45) is 0 Å². The zero-order valence-corrected chi connectivity index (χ0v) is 10.2. The highest BCUT2D eigenvalue weighted by atomic mass is 35.5. The molecule has 3 N–H and O–H groups in total. The summed E-state index contributed by atoms with van der Waals surface area (Å²) in [4.78, 5) is 13.8. The van der Waals surface area contributed by atoms with Gasteiger partial charge in [0, 0.05) is 13.1 Å². The fraction of sp³-hybridized carbons (Fsp3) is 0.417. The third kappa shape index (κ3) is 2.53. The van der Waals surface area contributed by atoms with Crippen molar-refractivity contribution in [3.63, 3.8) is 0 Å². The molecule has 0 radical (unpaired) electrons. The molecule has 1 aliphatic heterocycles. The van der Waals surface area contributed by atoms with E-state index in [1.165, 1.54) is 0 Å². The maximum absolute atomic E-state index is 12.2. The standard InChI is InChI=1S/C12H15ClN2O2/c13-10-5-1-4-9(11(10)14)12(17)15-6-2-3-8(16)7-15/h1,4-5,8,16H,2-3,6-7,14H2/t8-/m0/s1. The van der Waals surface area contributed by atoms with E-state index >= 15 is 0 Å². The van der Waals surface area contributed by atoms with Crippen LogP contribution in [-0.2, 0) is 0 Å². The Balaban J connectivity index is 2.22. The van der Waals surface area contributed by atoms with Crippen LogP contribution in [0.2, 0.25) is 5.02 Å². The van der Waals surface area contributed by atoms with Gasteiger partial charge in [0.15, 0.2) is 0 Å². The van der Waals surface area contributed by atoms with Crippen molar-refractivity contribution in [1.82, 2.24) is 4.90 Å². The van der Waals surface area contributed by atoms with E-state index in [0.29, 0.717) is 29.4 Å². The van der Waals surface area contributed by atoms with Crippen LogP contribution in [0.5, 0.6) is 0 Å². The van der Waals surface area contributed by atoms with Gasteiger partial charge in [-0.15, -0.1) is 0 Å². The number of hydrogen-bond donors (Lipinski definition) is 2. The number of piperidine rings is 1. The van der Waals surface area contributed by atoms with Crippen LogP contribution in [0.1, 0.15) is 23.2 Å². The van der Waals surface area contributed by atoms with Crippen molar-refractivity contribution < 1.29 is 9.90 Å². The molecule has 1 aromatic carbocycles. The monoisotopic (exact) mass is 254 g/mol. The van der Waals surface area contributed by atoms with Crippen LogP contribution < -0.4 is 5.73 Å². The fourth-order valence-electron chi connectivity index (χ4n) is 2.03. The lowest BCUT2D eigenvalue weighted by Gasteiger charge is -2.30. The molecular formula is C12H15ClN2O2. The van der Waals surface area contributed by atoms with Gasteiger partial charge in [-0.3, -0.25) is 4.79 Å². The Morgan fingerprint density at radius 3 is 3.00 bits per heavy atom. The fourth-order valence-corrected chi connectivity index (χ4v) is 2.21. The molecule has 0 aromatic heterocycles. The van der Waals surface area contributed by atoms with Crippen LogP contribution in [0.15, 0.2) is 18.2 Å². The first-order valence-corrected chi connectivity index (χ1v) is 5.98. The highest BCUT2D eigenvalue weighted by Gasteiger charge is 2.24. The SMILES string of the molecule is Nc1c(Cl)cccc1C(=O)N1CCC[C@H](O)C1. The van der Waals surface area contributed by atoms with Crippen LogP contribution in [0, 0.1) is 0 Å². The van der Waals surface area contributed by atoms with Gasteiger partial charge in [0.1, 0.15) is 0 Å². The first-order valence-electron chi connectivity index (χ1n) is 5.61. The molecule has 0 aliphatic carbocycles. The van der Waals surface area contributed by atoms with E-state index < -0.39 is 6.10 Å². The van der Waals surface area contributed by atoms with E-state index in [2.05, 4.69) is 0 Å². The largest absolute Gasteiger partial charge is 0.397 e. The van der Waals surface area contributed by atoms with Crippen molar-refractivity contribution in [1.29, 1.82) is 0 Å². The lowest BCUT2D eigenvalue weighted by atomic mass is 10.1. The molecule has 5 heteroatoms. The highest BCUT2D eigenvalue weighted by molar-refractivity contribution is 6.33. The van der Waals surface area contributed by atoms with Crippen LogP contribution in [0.25, 0.3) is 0 Å². The van der Waals surface area contributed by atoms with Gasteiger partial charge in [0.25, 0.3) is 5.91 Å². The quantitative estimate of drug-likeness (QED) is 0.747. The molecule has 0 saturated carbocycles. The number of β-amino-alcohol motifs (C(OH)–C–C–N with tert-alkyl or cyclic N) is 1. The first kappa shape index (κ1) is 12.2. The Labute approximate surface area is 105 Å². The molecule has 1 amide bonds. The second-order valence-corrected chi connectivity index (χ2v) is 4.66. The minimum Gasteiger partial charge on any atom is -0.397 e. The number of amides is 1. The summed E-state index contributed by atoms with van der Waals surface area (Å²) in [5, 5.41) is 9.93. The zero-order valence-electron chi connectivity index (χ0n) is 9.40. The molecule has 1 aromatic rings. The second-order valence-electron chi connectivity index (χ2n) is 4.25. The number of halogens is 1. The summed E-state index contributed by atoms with van der Waals surface area (Å²) in [5.41, 5.74) is 6.50. The molecule has 1 saturated heterocycles. The molecule has 0 unspecified atom stereocenters. The lowest BCUT2D eigenvalue weighted by molar-refractivity contribution is 0.0474. The number of rotatable bonds is 1. The summed E-state index contributed by atoms with van der Waals surface area (Å²) in [5.74, 6) is -0.163. The number of hydrogen-bond acceptors (Lipinski definition) is 3. The third-order valence-corrected chi connectivity index (χ3v) is 3.30. The molecule has 4 nitrogen and oxygen atoms in total. The number of carbonyl (C=O) groups excluding carboxylic acids is 1. The van der Waals surface area contributed by atoms with Crippen molar-refractivity contribution in [3.8, 4) is 0 Å². The number of aliphatic hydroxyl groups is 1.